The highest BCUT2D eigenvalue weighted by Crippen LogP contribution is 2.25. The van der Waals surface area contributed by atoms with E-state index in [0.29, 0.717) is 5.95 Å². The Morgan fingerprint density at radius 1 is 1.20 bits per heavy atom. The Hall–Kier alpha value is -1.81. The van der Waals surface area contributed by atoms with Crippen LogP contribution in [0.1, 0.15) is 24.6 Å². The smallest absolute Gasteiger partial charge is 0.224 e. The Morgan fingerprint density at radius 3 is 2.75 bits per heavy atom. The molecule has 0 saturated carbocycles. The van der Waals surface area contributed by atoms with Gasteiger partial charge in [-0.1, -0.05) is 24.6 Å². The molecule has 20 heavy (non-hydrogen) atoms. The largest absolute Gasteiger partial charge is 0.354 e. The number of anilines is 3. The third-order valence-corrected chi connectivity index (χ3v) is 3.33. The summed E-state index contributed by atoms with van der Waals surface area (Å²) in [6.45, 7) is 6.90. The van der Waals surface area contributed by atoms with E-state index in [1.807, 2.05) is 38.1 Å². The first-order valence-electron chi connectivity index (χ1n) is 6.72. The van der Waals surface area contributed by atoms with Gasteiger partial charge in [0.15, 0.2) is 0 Å². The number of nitrogens with one attached hydrogen (secondary N) is 2. The van der Waals surface area contributed by atoms with Crippen molar-refractivity contribution in [3.63, 3.8) is 0 Å². The Balaban J connectivity index is 2.24. The fraction of sp³-hybridized carbons (Fsp3) is 0.333. The highest BCUT2D eigenvalue weighted by Gasteiger charge is 2.05. The van der Waals surface area contributed by atoms with Gasteiger partial charge in [-0.25, -0.2) is 4.98 Å². The Bertz CT molecular complexity index is 598. The standard InChI is InChI=1S/C15H19ClN4/c1-4-8-17-15-18-10(2)9-14(20-15)19-13-7-5-6-12(16)11(13)3/h5-7,9H,4,8H2,1-3H3,(H2,17,18,19,20). The molecule has 0 unspecified atom stereocenters. The summed E-state index contributed by atoms with van der Waals surface area (Å²) in [7, 11) is 0. The molecule has 106 valence electrons. The molecular formula is C15H19ClN4. The fourth-order valence-electron chi connectivity index (χ4n) is 1.83. The number of hydrogen-bond donors (Lipinski definition) is 2. The van der Waals surface area contributed by atoms with Gasteiger partial charge in [-0.3, -0.25) is 0 Å². The summed E-state index contributed by atoms with van der Waals surface area (Å²) in [5.41, 5.74) is 2.88. The summed E-state index contributed by atoms with van der Waals surface area (Å²) in [5.74, 6) is 1.41. The van der Waals surface area contributed by atoms with Crippen molar-refractivity contribution in [1.29, 1.82) is 0 Å². The minimum Gasteiger partial charge on any atom is -0.354 e. The van der Waals surface area contributed by atoms with E-state index < -0.39 is 0 Å². The average Bonchev–Trinajstić information content (AvgIpc) is 2.41. The van der Waals surface area contributed by atoms with Crippen LogP contribution in [0.25, 0.3) is 0 Å². The zero-order chi connectivity index (χ0) is 14.5. The second-order valence-corrected chi connectivity index (χ2v) is 5.09. The van der Waals surface area contributed by atoms with Crippen molar-refractivity contribution < 1.29 is 0 Å². The summed E-state index contributed by atoms with van der Waals surface area (Å²) in [6.07, 6.45) is 1.04. The molecule has 1 aromatic carbocycles. The third kappa shape index (κ3) is 3.61. The molecule has 0 amide bonds. The van der Waals surface area contributed by atoms with E-state index >= 15 is 0 Å². The Morgan fingerprint density at radius 2 is 2.00 bits per heavy atom. The van der Waals surface area contributed by atoms with Crippen LogP contribution in [0.5, 0.6) is 0 Å². The van der Waals surface area contributed by atoms with Crippen molar-refractivity contribution in [2.24, 2.45) is 0 Å². The topological polar surface area (TPSA) is 49.8 Å². The van der Waals surface area contributed by atoms with Crippen molar-refractivity contribution >= 4 is 29.1 Å². The monoisotopic (exact) mass is 290 g/mol. The molecule has 4 nitrogen and oxygen atoms in total. The SMILES string of the molecule is CCCNc1nc(C)cc(Nc2cccc(Cl)c2C)n1. The van der Waals surface area contributed by atoms with E-state index in [-0.39, 0.29) is 0 Å². The molecule has 2 N–H and O–H groups in total. The highest BCUT2D eigenvalue weighted by molar-refractivity contribution is 6.31. The van der Waals surface area contributed by atoms with Crippen molar-refractivity contribution in [3.8, 4) is 0 Å². The minimum atomic E-state index is 0.647. The summed E-state index contributed by atoms with van der Waals surface area (Å²) in [6, 6.07) is 7.69. The number of halogens is 1. The van der Waals surface area contributed by atoms with Gasteiger partial charge in [0.05, 0.1) is 0 Å². The van der Waals surface area contributed by atoms with Gasteiger partial charge in [0.1, 0.15) is 5.82 Å². The van der Waals surface area contributed by atoms with Crippen LogP contribution < -0.4 is 10.6 Å². The first-order chi connectivity index (χ1) is 9.60. The zero-order valence-electron chi connectivity index (χ0n) is 12.0. The van der Waals surface area contributed by atoms with Crippen molar-refractivity contribution in [3.05, 3.63) is 40.5 Å². The van der Waals surface area contributed by atoms with Gasteiger partial charge in [-0.15, -0.1) is 0 Å². The summed E-state index contributed by atoms with van der Waals surface area (Å²) in [5, 5.41) is 7.23. The molecule has 0 bridgehead atoms. The van der Waals surface area contributed by atoms with E-state index in [9.17, 15) is 0 Å². The van der Waals surface area contributed by atoms with Crippen LogP contribution in [0.15, 0.2) is 24.3 Å². The number of aryl methyl sites for hydroxylation is 1. The molecule has 0 saturated heterocycles. The van der Waals surface area contributed by atoms with Gasteiger partial charge in [0.2, 0.25) is 5.95 Å². The summed E-state index contributed by atoms with van der Waals surface area (Å²) in [4.78, 5) is 8.83. The maximum Gasteiger partial charge on any atom is 0.224 e. The molecule has 0 atom stereocenters. The highest BCUT2D eigenvalue weighted by atomic mass is 35.5. The van der Waals surface area contributed by atoms with Crippen molar-refractivity contribution in [1.82, 2.24) is 9.97 Å². The zero-order valence-corrected chi connectivity index (χ0v) is 12.8. The van der Waals surface area contributed by atoms with Gasteiger partial charge >= 0.3 is 0 Å². The van der Waals surface area contributed by atoms with Gasteiger partial charge in [-0.2, -0.15) is 4.98 Å². The summed E-state index contributed by atoms with van der Waals surface area (Å²) < 4.78 is 0. The second-order valence-electron chi connectivity index (χ2n) is 4.68. The molecule has 2 aromatic rings. The number of hydrogen-bond acceptors (Lipinski definition) is 4. The van der Waals surface area contributed by atoms with E-state index in [0.717, 1.165) is 40.8 Å². The first-order valence-corrected chi connectivity index (χ1v) is 7.09. The molecule has 1 aromatic heterocycles. The molecule has 2 rings (SSSR count). The number of benzene rings is 1. The molecule has 0 aliphatic carbocycles. The van der Waals surface area contributed by atoms with E-state index in [4.69, 9.17) is 11.6 Å². The van der Waals surface area contributed by atoms with Crippen LogP contribution >= 0.6 is 11.6 Å². The minimum absolute atomic E-state index is 0.647. The number of nitrogens with zero attached hydrogens (tertiary/aromatic N) is 2. The molecule has 0 spiro atoms. The lowest BCUT2D eigenvalue weighted by Crippen LogP contribution is -2.07. The quantitative estimate of drug-likeness (QED) is 0.861. The van der Waals surface area contributed by atoms with Crippen LogP contribution in [0.3, 0.4) is 0 Å². The molecule has 5 heteroatoms. The molecule has 0 aliphatic rings. The van der Waals surface area contributed by atoms with Crippen LogP contribution in [-0.2, 0) is 0 Å². The number of aromatic nitrogens is 2. The molecular weight excluding hydrogens is 272 g/mol. The lowest BCUT2D eigenvalue weighted by molar-refractivity contribution is 0.947. The second kappa shape index (κ2) is 6.57. The predicted molar refractivity (Wildman–Crippen MR) is 85.0 cm³/mol. The Labute approximate surface area is 124 Å². The maximum absolute atomic E-state index is 6.13. The van der Waals surface area contributed by atoms with Crippen LogP contribution in [0.2, 0.25) is 5.02 Å². The van der Waals surface area contributed by atoms with Crippen LogP contribution in [0, 0.1) is 13.8 Å². The van der Waals surface area contributed by atoms with Gasteiger partial charge in [0.25, 0.3) is 0 Å². The Kier molecular flexibility index (Phi) is 4.79. The molecule has 0 radical (unpaired) electrons. The van der Waals surface area contributed by atoms with E-state index in [2.05, 4.69) is 27.5 Å². The van der Waals surface area contributed by atoms with E-state index in [1.54, 1.807) is 0 Å². The van der Waals surface area contributed by atoms with Crippen LogP contribution in [0.4, 0.5) is 17.5 Å². The predicted octanol–water partition coefficient (Wildman–Crippen LogP) is 4.31. The van der Waals surface area contributed by atoms with Crippen molar-refractivity contribution in [2.75, 3.05) is 17.2 Å². The first kappa shape index (κ1) is 14.6. The van der Waals surface area contributed by atoms with Crippen LogP contribution in [-0.4, -0.2) is 16.5 Å². The van der Waals surface area contributed by atoms with E-state index in [1.165, 1.54) is 0 Å². The van der Waals surface area contributed by atoms with Gasteiger partial charge < -0.3 is 10.6 Å². The third-order valence-electron chi connectivity index (χ3n) is 2.92. The maximum atomic E-state index is 6.13. The lowest BCUT2D eigenvalue weighted by Gasteiger charge is -2.12. The molecule has 0 fully saturated rings. The number of rotatable bonds is 5. The molecule has 0 aliphatic heterocycles. The molecule has 1 heterocycles. The van der Waals surface area contributed by atoms with Crippen molar-refractivity contribution in [2.45, 2.75) is 27.2 Å². The van der Waals surface area contributed by atoms with Gasteiger partial charge in [-0.05, 0) is 38.0 Å². The fourth-order valence-corrected chi connectivity index (χ4v) is 2.00. The average molecular weight is 291 g/mol. The van der Waals surface area contributed by atoms with Gasteiger partial charge in [0, 0.05) is 29.0 Å². The lowest BCUT2D eigenvalue weighted by atomic mass is 10.2. The summed E-state index contributed by atoms with van der Waals surface area (Å²) >= 11 is 6.13. The normalized spacial score (nSPS) is 10.4.